The van der Waals surface area contributed by atoms with Gasteiger partial charge in [-0.1, -0.05) is 27.7 Å². The molecule has 0 aromatic heterocycles. The van der Waals surface area contributed by atoms with Crippen molar-refractivity contribution in [1.29, 1.82) is 0 Å². The van der Waals surface area contributed by atoms with Crippen LogP contribution in [0.2, 0.25) is 0 Å². The van der Waals surface area contributed by atoms with Gasteiger partial charge in [0.2, 0.25) is 0 Å². The Bertz CT molecular complexity index is 213. The maximum Gasteiger partial charge on any atom is 0.0472 e. The maximum absolute atomic E-state index is 5.55. The molecule has 1 aliphatic heterocycles. The van der Waals surface area contributed by atoms with Crippen molar-refractivity contribution in [3.8, 4) is 0 Å². The summed E-state index contributed by atoms with van der Waals surface area (Å²) in [5.74, 6) is 0.751. The molecule has 0 radical (unpaired) electrons. The standard InChI is InChI=1S/C15H32N2O/c1-5-16-12-15(7-9-18-10-8-15)13-17(6-2)11-14(3)4/h14,16H,5-13H2,1-4H3. The summed E-state index contributed by atoms with van der Waals surface area (Å²) in [7, 11) is 0. The summed E-state index contributed by atoms with van der Waals surface area (Å²) in [6.45, 7) is 16.8. The number of hydrogen-bond acceptors (Lipinski definition) is 3. The summed E-state index contributed by atoms with van der Waals surface area (Å²) >= 11 is 0. The van der Waals surface area contributed by atoms with Crippen LogP contribution >= 0.6 is 0 Å². The third kappa shape index (κ3) is 5.25. The largest absolute Gasteiger partial charge is 0.381 e. The fourth-order valence-corrected chi connectivity index (χ4v) is 2.88. The topological polar surface area (TPSA) is 24.5 Å². The molecule has 0 aliphatic carbocycles. The van der Waals surface area contributed by atoms with Crippen LogP contribution in [0.25, 0.3) is 0 Å². The molecule has 3 heteroatoms. The fourth-order valence-electron chi connectivity index (χ4n) is 2.88. The lowest BCUT2D eigenvalue weighted by Gasteiger charge is -2.41. The molecule has 0 amide bonds. The Hall–Kier alpha value is -0.120. The smallest absolute Gasteiger partial charge is 0.0472 e. The average molecular weight is 256 g/mol. The summed E-state index contributed by atoms with van der Waals surface area (Å²) < 4.78 is 5.55. The van der Waals surface area contributed by atoms with E-state index >= 15 is 0 Å². The Morgan fingerprint density at radius 1 is 1.22 bits per heavy atom. The lowest BCUT2D eigenvalue weighted by Crippen LogP contribution is -2.48. The molecule has 0 atom stereocenters. The van der Waals surface area contributed by atoms with E-state index in [2.05, 4.69) is 37.9 Å². The van der Waals surface area contributed by atoms with Crippen molar-refractivity contribution in [2.45, 2.75) is 40.5 Å². The van der Waals surface area contributed by atoms with Gasteiger partial charge in [-0.3, -0.25) is 0 Å². The minimum absolute atomic E-state index is 0.430. The molecule has 1 heterocycles. The van der Waals surface area contributed by atoms with Gasteiger partial charge in [0.15, 0.2) is 0 Å². The molecule has 1 N–H and O–H groups in total. The Morgan fingerprint density at radius 2 is 1.89 bits per heavy atom. The van der Waals surface area contributed by atoms with Crippen molar-refractivity contribution in [2.24, 2.45) is 11.3 Å². The molecule has 1 saturated heterocycles. The highest BCUT2D eigenvalue weighted by Crippen LogP contribution is 2.31. The summed E-state index contributed by atoms with van der Waals surface area (Å²) in [6.07, 6.45) is 2.41. The van der Waals surface area contributed by atoms with Gasteiger partial charge in [0, 0.05) is 32.8 Å². The second kappa shape index (κ2) is 8.13. The highest BCUT2D eigenvalue weighted by molar-refractivity contribution is 4.87. The van der Waals surface area contributed by atoms with Crippen LogP contribution in [0.5, 0.6) is 0 Å². The van der Waals surface area contributed by atoms with E-state index in [1.54, 1.807) is 0 Å². The average Bonchev–Trinajstić information content (AvgIpc) is 2.36. The number of hydrogen-bond donors (Lipinski definition) is 1. The summed E-state index contributed by atoms with van der Waals surface area (Å²) in [5.41, 5.74) is 0.430. The first-order chi connectivity index (χ1) is 8.62. The minimum Gasteiger partial charge on any atom is -0.381 e. The number of rotatable bonds is 8. The lowest BCUT2D eigenvalue weighted by molar-refractivity contribution is -0.00496. The van der Waals surface area contributed by atoms with Gasteiger partial charge in [-0.25, -0.2) is 0 Å². The van der Waals surface area contributed by atoms with Crippen LogP contribution in [0, 0.1) is 11.3 Å². The molecule has 1 fully saturated rings. The Labute approximate surface area is 113 Å². The van der Waals surface area contributed by atoms with Crippen LogP contribution in [0.1, 0.15) is 40.5 Å². The van der Waals surface area contributed by atoms with E-state index in [0.717, 1.165) is 38.8 Å². The van der Waals surface area contributed by atoms with Crippen molar-refractivity contribution >= 4 is 0 Å². The number of ether oxygens (including phenoxy) is 1. The zero-order chi connectivity index (χ0) is 13.4. The van der Waals surface area contributed by atoms with Crippen molar-refractivity contribution < 1.29 is 4.74 Å². The Morgan fingerprint density at radius 3 is 2.39 bits per heavy atom. The van der Waals surface area contributed by atoms with Crippen LogP contribution in [-0.2, 0) is 4.74 Å². The molecule has 0 spiro atoms. The number of nitrogens with one attached hydrogen (secondary N) is 1. The molecule has 108 valence electrons. The molecule has 0 bridgehead atoms. The molecule has 1 aliphatic rings. The second-order valence-corrected chi connectivity index (χ2v) is 6.11. The van der Waals surface area contributed by atoms with Gasteiger partial charge < -0.3 is 15.0 Å². The minimum atomic E-state index is 0.430. The molecule has 0 aromatic rings. The zero-order valence-electron chi connectivity index (χ0n) is 12.8. The zero-order valence-corrected chi connectivity index (χ0v) is 12.8. The normalized spacial score (nSPS) is 19.7. The van der Waals surface area contributed by atoms with Gasteiger partial charge in [-0.05, 0) is 37.3 Å². The first-order valence-electron chi connectivity index (χ1n) is 7.62. The second-order valence-electron chi connectivity index (χ2n) is 6.11. The first-order valence-corrected chi connectivity index (χ1v) is 7.62. The van der Waals surface area contributed by atoms with Gasteiger partial charge in [0.1, 0.15) is 0 Å². The van der Waals surface area contributed by atoms with E-state index in [-0.39, 0.29) is 0 Å². The van der Waals surface area contributed by atoms with E-state index in [0.29, 0.717) is 5.41 Å². The van der Waals surface area contributed by atoms with Gasteiger partial charge in [-0.15, -0.1) is 0 Å². The van der Waals surface area contributed by atoms with Crippen molar-refractivity contribution in [3.05, 3.63) is 0 Å². The maximum atomic E-state index is 5.55. The SMILES string of the molecule is CCNCC1(CN(CC)CC(C)C)CCOCC1. The quantitative estimate of drug-likeness (QED) is 0.721. The predicted molar refractivity (Wildman–Crippen MR) is 78.0 cm³/mol. The highest BCUT2D eigenvalue weighted by Gasteiger charge is 2.33. The first kappa shape index (κ1) is 15.9. The van der Waals surface area contributed by atoms with Crippen molar-refractivity contribution in [2.75, 3.05) is 45.9 Å². The fraction of sp³-hybridized carbons (Fsp3) is 1.00. The molecule has 0 saturated carbocycles. The van der Waals surface area contributed by atoms with Gasteiger partial charge in [0.25, 0.3) is 0 Å². The Balaban J connectivity index is 2.57. The third-order valence-electron chi connectivity index (χ3n) is 3.93. The summed E-state index contributed by atoms with van der Waals surface area (Å²) in [4.78, 5) is 2.62. The predicted octanol–water partition coefficient (Wildman–Crippen LogP) is 2.37. The lowest BCUT2D eigenvalue weighted by atomic mass is 9.79. The van der Waals surface area contributed by atoms with Gasteiger partial charge in [0.05, 0.1) is 0 Å². The molecular formula is C15H32N2O. The molecule has 0 unspecified atom stereocenters. The van der Waals surface area contributed by atoms with Crippen LogP contribution in [-0.4, -0.2) is 50.8 Å². The van der Waals surface area contributed by atoms with E-state index < -0.39 is 0 Å². The van der Waals surface area contributed by atoms with E-state index in [1.807, 2.05) is 0 Å². The van der Waals surface area contributed by atoms with Crippen LogP contribution in [0.15, 0.2) is 0 Å². The van der Waals surface area contributed by atoms with E-state index in [4.69, 9.17) is 4.74 Å². The van der Waals surface area contributed by atoms with Crippen LogP contribution in [0.4, 0.5) is 0 Å². The number of nitrogens with zero attached hydrogens (tertiary/aromatic N) is 1. The Kier molecular flexibility index (Phi) is 7.20. The summed E-state index contributed by atoms with van der Waals surface area (Å²) in [6, 6.07) is 0. The molecular weight excluding hydrogens is 224 g/mol. The summed E-state index contributed by atoms with van der Waals surface area (Å²) in [5, 5.41) is 3.56. The van der Waals surface area contributed by atoms with Gasteiger partial charge >= 0.3 is 0 Å². The van der Waals surface area contributed by atoms with Crippen LogP contribution < -0.4 is 5.32 Å². The van der Waals surface area contributed by atoms with Crippen molar-refractivity contribution in [1.82, 2.24) is 10.2 Å². The highest BCUT2D eigenvalue weighted by atomic mass is 16.5. The van der Waals surface area contributed by atoms with Crippen molar-refractivity contribution in [3.63, 3.8) is 0 Å². The van der Waals surface area contributed by atoms with E-state index in [1.165, 1.54) is 25.9 Å². The molecule has 18 heavy (non-hydrogen) atoms. The molecule has 3 nitrogen and oxygen atoms in total. The molecule has 0 aromatic carbocycles. The third-order valence-corrected chi connectivity index (χ3v) is 3.93. The van der Waals surface area contributed by atoms with Crippen LogP contribution in [0.3, 0.4) is 0 Å². The molecule has 1 rings (SSSR count). The van der Waals surface area contributed by atoms with E-state index in [9.17, 15) is 0 Å². The van der Waals surface area contributed by atoms with Gasteiger partial charge in [-0.2, -0.15) is 0 Å². The monoisotopic (exact) mass is 256 g/mol.